The second kappa shape index (κ2) is 3.76. The average molecular weight is 245 g/mol. The number of benzene rings is 1. The third-order valence-corrected chi connectivity index (χ3v) is 2.30. The zero-order chi connectivity index (χ0) is 12.6. The first-order chi connectivity index (χ1) is 7.90. The van der Waals surface area contributed by atoms with Gasteiger partial charge in [-0.05, 0) is 17.7 Å². The number of hydrogen-bond acceptors (Lipinski definition) is 4. The molecular formula is C10H6F3NO3. The SMILES string of the molecule is O=C1/C(=N\O)Cc2ccc(OC(F)(F)F)cc21. The van der Waals surface area contributed by atoms with Gasteiger partial charge in [0.2, 0.25) is 5.78 Å². The van der Waals surface area contributed by atoms with Crippen LogP contribution in [0.5, 0.6) is 5.75 Å². The molecule has 0 aromatic heterocycles. The molecule has 0 saturated heterocycles. The van der Waals surface area contributed by atoms with Crippen LogP contribution in [0.4, 0.5) is 13.2 Å². The molecule has 1 N–H and O–H groups in total. The van der Waals surface area contributed by atoms with Gasteiger partial charge in [0.05, 0.1) is 0 Å². The van der Waals surface area contributed by atoms with Gasteiger partial charge in [0.15, 0.2) is 0 Å². The molecule has 0 saturated carbocycles. The van der Waals surface area contributed by atoms with Gasteiger partial charge < -0.3 is 9.94 Å². The Morgan fingerprint density at radius 3 is 2.65 bits per heavy atom. The highest BCUT2D eigenvalue weighted by molar-refractivity contribution is 6.49. The second-order valence-corrected chi connectivity index (χ2v) is 3.42. The van der Waals surface area contributed by atoms with Gasteiger partial charge in [-0.2, -0.15) is 0 Å². The molecule has 7 heteroatoms. The van der Waals surface area contributed by atoms with Crippen molar-refractivity contribution in [2.24, 2.45) is 5.16 Å². The Hall–Kier alpha value is -2.05. The van der Waals surface area contributed by atoms with E-state index in [1.54, 1.807) is 0 Å². The van der Waals surface area contributed by atoms with Crippen molar-refractivity contribution in [3.05, 3.63) is 29.3 Å². The maximum Gasteiger partial charge on any atom is 0.573 e. The summed E-state index contributed by atoms with van der Waals surface area (Å²) in [4.78, 5) is 11.5. The van der Waals surface area contributed by atoms with E-state index < -0.39 is 17.9 Å². The summed E-state index contributed by atoms with van der Waals surface area (Å²) in [7, 11) is 0. The van der Waals surface area contributed by atoms with Crippen LogP contribution in [-0.2, 0) is 6.42 Å². The third-order valence-electron chi connectivity index (χ3n) is 2.30. The van der Waals surface area contributed by atoms with Crippen molar-refractivity contribution in [1.29, 1.82) is 0 Å². The summed E-state index contributed by atoms with van der Waals surface area (Å²) >= 11 is 0. The van der Waals surface area contributed by atoms with E-state index in [4.69, 9.17) is 5.21 Å². The molecule has 2 rings (SSSR count). The van der Waals surface area contributed by atoms with E-state index in [2.05, 4.69) is 9.89 Å². The summed E-state index contributed by atoms with van der Waals surface area (Å²) in [6, 6.07) is 3.44. The Bertz CT molecular complexity index is 508. The standard InChI is InChI=1S/C10H6F3NO3/c11-10(12,13)17-6-2-1-5-3-8(14-16)9(15)7(5)4-6/h1-2,4,16H,3H2/b14-8-. The lowest BCUT2D eigenvalue weighted by Crippen LogP contribution is -2.17. The molecule has 0 unspecified atom stereocenters. The number of fused-ring (bicyclic) bond motifs is 1. The van der Waals surface area contributed by atoms with Crippen molar-refractivity contribution in [3.63, 3.8) is 0 Å². The molecule has 1 aliphatic rings. The van der Waals surface area contributed by atoms with E-state index in [0.29, 0.717) is 5.56 Å². The molecule has 0 radical (unpaired) electrons. The Balaban J connectivity index is 2.34. The van der Waals surface area contributed by atoms with E-state index in [-0.39, 0.29) is 17.7 Å². The van der Waals surface area contributed by atoms with Crippen LogP contribution < -0.4 is 4.74 Å². The van der Waals surface area contributed by atoms with E-state index in [1.165, 1.54) is 6.07 Å². The molecule has 17 heavy (non-hydrogen) atoms. The lowest BCUT2D eigenvalue weighted by molar-refractivity contribution is -0.274. The van der Waals surface area contributed by atoms with Crippen molar-refractivity contribution < 1.29 is 27.9 Å². The largest absolute Gasteiger partial charge is 0.573 e. The average Bonchev–Trinajstić information content (AvgIpc) is 2.53. The van der Waals surface area contributed by atoms with Gasteiger partial charge in [-0.3, -0.25) is 4.79 Å². The molecular weight excluding hydrogens is 239 g/mol. The van der Waals surface area contributed by atoms with Gasteiger partial charge in [-0.15, -0.1) is 13.2 Å². The van der Waals surface area contributed by atoms with Crippen LogP contribution in [0.1, 0.15) is 15.9 Å². The monoisotopic (exact) mass is 245 g/mol. The van der Waals surface area contributed by atoms with Crippen LogP contribution in [-0.4, -0.2) is 23.1 Å². The number of alkyl halides is 3. The number of oxime groups is 1. The van der Waals surface area contributed by atoms with E-state index >= 15 is 0 Å². The fourth-order valence-electron chi connectivity index (χ4n) is 1.62. The number of Topliss-reactive ketones (excluding diaryl/α,β-unsaturated/α-hetero) is 1. The van der Waals surface area contributed by atoms with E-state index in [0.717, 1.165) is 12.1 Å². The number of carbonyl (C=O) groups is 1. The molecule has 0 amide bonds. The molecule has 0 spiro atoms. The predicted octanol–water partition coefficient (Wildman–Crippen LogP) is 2.15. The van der Waals surface area contributed by atoms with Crippen molar-refractivity contribution in [2.45, 2.75) is 12.8 Å². The zero-order valence-corrected chi connectivity index (χ0v) is 8.28. The van der Waals surface area contributed by atoms with Crippen molar-refractivity contribution in [1.82, 2.24) is 0 Å². The first-order valence-electron chi connectivity index (χ1n) is 4.55. The van der Waals surface area contributed by atoms with Crippen LogP contribution in [0.25, 0.3) is 0 Å². The van der Waals surface area contributed by atoms with Gasteiger partial charge in [0.25, 0.3) is 0 Å². The van der Waals surface area contributed by atoms with Gasteiger partial charge in [-0.1, -0.05) is 11.2 Å². The number of rotatable bonds is 1. The van der Waals surface area contributed by atoms with Crippen molar-refractivity contribution in [3.8, 4) is 5.75 Å². The number of nitrogens with zero attached hydrogens (tertiary/aromatic N) is 1. The first-order valence-corrected chi connectivity index (χ1v) is 4.55. The second-order valence-electron chi connectivity index (χ2n) is 3.42. The summed E-state index contributed by atoms with van der Waals surface area (Å²) in [6.45, 7) is 0. The molecule has 0 aliphatic heterocycles. The van der Waals surface area contributed by atoms with Gasteiger partial charge in [0.1, 0.15) is 11.5 Å². The maximum absolute atomic E-state index is 12.0. The number of hydrogen-bond donors (Lipinski definition) is 1. The van der Waals surface area contributed by atoms with Gasteiger partial charge >= 0.3 is 6.36 Å². The van der Waals surface area contributed by atoms with Crippen LogP contribution in [0, 0.1) is 0 Å². The summed E-state index contributed by atoms with van der Waals surface area (Å²) in [6.07, 6.45) is -4.69. The molecule has 0 fully saturated rings. The predicted molar refractivity (Wildman–Crippen MR) is 50.4 cm³/mol. The number of ether oxygens (including phenoxy) is 1. The molecule has 0 bridgehead atoms. The summed E-state index contributed by atoms with van der Waals surface area (Å²) in [5.74, 6) is -1.06. The Morgan fingerprint density at radius 2 is 2.06 bits per heavy atom. The zero-order valence-electron chi connectivity index (χ0n) is 8.28. The lowest BCUT2D eigenvalue weighted by Gasteiger charge is -2.09. The third kappa shape index (κ3) is 2.22. The van der Waals surface area contributed by atoms with Gasteiger partial charge in [-0.25, -0.2) is 0 Å². The van der Waals surface area contributed by atoms with Crippen LogP contribution in [0.2, 0.25) is 0 Å². The maximum atomic E-state index is 12.0. The van der Waals surface area contributed by atoms with Crippen molar-refractivity contribution >= 4 is 11.5 Å². The highest BCUT2D eigenvalue weighted by Crippen LogP contribution is 2.28. The molecule has 1 aromatic carbocycles. The van der Waals surface area contributed by atoms with Crippen LogP contribution in [0.15, 0.2) is 23.4 Å². The molecule has 90 valence electrons. The Kier molecular flexibility index (Phi) is 2.53. The first kappa shape index (κ1) is 11.4. The minimum absolute atomic E-state index is 0.0690. The molecule has 1 aliphatic carbocycles. The summed E-state index contributed by atoms with van der Waals surface area (Å²) < 4.78 is 39.6. The fraction of sp³-hybridized carbons (Fsp3) is 0.200. The quantitative estimate of drug-likeness (QED) is 0.609. The minimum atomic E-state index is -4.80. The topological polar surface area (TPSA) is 58.9 Å². The number of ketones is 1. The Labute approximate surface area is 93.3 Å². The highest BCUT2D eigenvalue weighted by Gasteiger charge is 2.33. The molecule has 0 heterocycles. The fourth-order valence-corrected chi connectivity index (χ4v) is 1.62. The van der Waals surface area contributed by atoms with E-state index in [9.17, 15) is 18.0 Å². The summed E-state index contributed by atoms with van der Waals surface area (Å²) in [5.41, 5.74) is 0.487. The highest BCUT2D eigenvalue weighted by atomic mass is 19.4. The molecule has 4 nitrogen and oxygen atoms in total. The van der Waals surface area contributed by atoms with Crippen LogP contribution in [0.3, 0.4) is 0 Å². The molecule has 1 aromatic rings. The smallest absolute Gasteiger partial charge is 0.411 e. The minimum Gasteiger partial charge on any atom is -0.411 e. The van der Waals surface area contributed by atoms with Gasteiger partial charge in [0, 0.05) is 12.0 Å². The van der Waals surface area contributed by atoms with E-state index in [1.807, 2.05) is 0 Å². The normalized spacial score (nSPS) is 17.4. The lowest BCUT2D eigenvalue weighted by atomic mass is 10.1. The van der Waals surface area contributed by atoms with Crippen molar-refractivity contribution in [2.75, 3.05) is 0 Å². The summed E-state index contributed by atoms with van der Waals surface area (Å²) in [5, 5.41) is 11.3. The Morgan fingerprint density at radius 1 is 1.35 bits per heavy atom. The number of carbonyl (C=O) groups excluding carboxylic acids is 1. The number of halogens is 3. The van der Waals surface area contributed by atoms with Crippen LogP contribution >= 0.6 is 0 Å². The molecule has 0 atom stereocenters.